The standard InChI is InChI=1S/C8H9FOS.C2H6O3S/c9-7-1-3-8(4-2-7)11-6-5-10;1-2-6(3,4)5/h1-4,10H,5-6H2;2H2,1H3,(H,3,4,5). The van der Waals surface area contributed by atoms with E-state index in [9.17, 15) is 12.8 Å². The number of aliphatic hydroxyl groups excluding tert-OH is 1. The summed E-state index contributed by atoms with van der Waals surface area (Å²) in [6, 6.07) is 6.24. The van der Waals surface area contributed by atoms with E-state index in [2.05, 4.69) is 0 Å². The summed E-state index contributed by atoms with van der Waals surface area (Å²) < 4.78 is 39.3. The van der Waals surface area contributed by atoms with Gasteiger partial charge in [0.05, 0.1) is 12.4 Å². The average Bonchev–Trinajstić information content (AvgIpc) is 2.28. The van der Waals surface area contributed by atoms with Crippen LogP contribution in [-0.4, -0.2) is 36.2 Å². The maximum absolute atomic E-state index is 12.4. The third-order valence-electron chi connectivity index (χ3n) is 1.54. The van der Waals surface area contributed by atoms with E-state index in [4.69, 9.17) is 9.66 Å². The molecule has 17 heavy (non-hydrogen) atoms. The van der Waals surface area contributed by atoms with Gasteiger partial charge in [-0.1, -0.05) is 0 Å². The number of halogens is 1. The van der Waals surface area contributed by atoms with Crippen LogP contribution in [0, 0.1) is 5.82 Å². The van der Waals surface area contributed by atoms with E-state index in [0.717, 1.165) is 4.90 Å². The molecule has 0 amide bonds. The minimum absolute atomic E-state index is 0.155. The summed E-state index contributed by atoms with van der Waals surface area (Å²) in [5, 5.41) is 8.49. The molecule has 0 fully saturated rings. The van der Waals surface area contributed by atoms with Crippen molar-refractivity contribution < 1.29 is 22.5 Å². The van der Waals surface area contributed by atoms with Crippen LogP contribution in [0.15, 0.2) is 29.2 Å². The molecule has 0 aliphatic carbocycles. The Bertz CT molecular complexity index is 403. The van der Waals surface area contributed by atoms with Gasteiger partial charge in [0.1, 0.15) is 5.82 Å². The van der Waals surface area contributed by atoms with Gasteiger partial charge >= 0.3 is 0 Å². The Morgan fingerprint density at radius 3 is 2.12 bits per heavy atom. The van der Waals surface area contributed by atoms with Crippen molar-refractivity contribution in [2.75, 3.05) is 18.1 Å². The van der Waals surface area contributed by atoms with Crippen LogP contribution in [0.4, 0.5) is 4.39 Å². The van der Waals surface area contributed by atoms with Crippen molar-refractivity contribution in [2.45, 2.75) is 11.8 Å². The second-order valence-electron chi connectivity index (χ2n) is 2.90. The Labute approximate surface area is 105 Å². The Balaban J connectivity index is 0.000000366. The van der Waals surface area contributed by atoms with Crippen molar-refractivity contribution in [3.63, 3.8) is 0 Å². The molecule has 1 rings (SSSR count). The summed E-state index contributed by atoms with van der Waals surface area (Å²) in [5.41, 5.74) is 0. The molecule has 0 heterocycles. The van der Waals surface area contributed by atoms with Crippen LogP contribution in [0.25, 0.3) is 0 Å². The molecule has 0 saturated heterocycles. The molecular weight excluding hydrogens is 267 g/mol. The highest BCUT2D eigenvalue weighted by atomic mass is 32.2. The van der Waals surface area contributed by atoms with Crippen molar-refractivity contribution in [1.29, 1.82) is 0 Å². The quantitative estimate of drug-likeness (QED) is 0.650. The SMILES string of the molecule is CCS(=O)(=O)O.OCCSc1ccc(F)cc1. The first-order valence-electron chi connectivity index (χ1n) is 4.83. The Morgan fingerprint density at radius 1 is 1.29 bits per heavy atom. The molecule has 4 nitrogen and oxygen atoms in total. The molecule has 98 valence electrons. The first-order valence-corrected chi connectivity index (χ1v) is 7.43. The van der Waals surface area contributed by atoms with Crippen molar-refractivity contribution >= 4 is 21.9 Å². The van der Waals surface area contributed by atoms with Crippen LogP contribution in [-0.2, 0) is 10.1 Å². The fourth-order valence-electron chi connectivity index (χ4n) is 0.694. The van der Waals surface area contributed by atoms with Crippen molar-refractivity contribution in [1.82, 2.24) is 0 Å². The number of hydrogen-bond donors (Lipinski definition) is 2. The molecule has 1 aromatic rings. The Kier molecular flexibility index (Phi) is 8.15. The van der Waals surface area contributed by atoms with E-state index in [1.165, 1.54) is 30.8 Å². The van der Waals surface area contributed by atoms with Crippen LogP contribution in [0.2, 0.25) is 0 Å². The van der Waals surface area contributed by atoms with Crippen LogP contribution in [0.3, 0.4) is 0 Å². The van der Waals surface area contributed by atoms with Crippen molar-refractivity contribution in [3.8, 4) is 0 Å². The van der Waals surface area contributed by atoms with Crippen LogP contribution < -0.4 is 0 Å². The number of thioether (sulfide) groups is 1. The molecule has 0 spiro atoms. The topological polar surface area (TPSA) is 74.6 Å². The zero-order valence-electron chi connectivity index (χ0n) is 9.34. The summed E-state index contributed by atoms with van der Waals surface area (Å²) in [5.74, 6) is 0.233. The summed E-state index contributed by atoms with van der Waals surface area (Å²) in [6.45, 7) is 1.53. The molecular formula is C10H15FO4S2. The van der Waals surface area contributed by atoms with Crippen molar-refractivity contribution in [2.24, 2.45) is 0 Å². The summed E-state index contributed by atoms with van der Waals surface area (Å²) in [6.07, 6.45) is 0. The number of benzene rings is 1. The normalized spacial score (nSPS) is 10.6. The molecule has 0 aliphatic heterocycles. The Morgan fingerprint density at radius 2 is 1.76 bits per heavy atom. The zero-order chi connectivity index (χ0) is 13.3. The molecule has 1 aromatic carbocycles. The van der Waals surface area contributed by atoms with Gasteiger partial charge in [0, 0.05) is 10.6 Å². The monoisotopic (exact) mass is 282 g/mol. The maximum Gasteiger partial charge on any atom is 0.264 e. The van der Waals surface area contributed by atoms with Gasteiger partial charge in [0.25, 0.3) is 10.1 Å². The van der Waals surface area contributed by atoms with Gasteiger partial charge in [-0.3, -0.25) is 4.55 Å². The number of rotatable bonds is 4. The van der Waals surface area contributed by atoms with Gasteiger partial charge < -0.3 is 5.11 Å². The molecule has 0 saturated carbocycles. The highest BCUT2D eigenvalue weighted by molar-refractivity contribution is 7.99. The predicted octanol–water partition coefficient (Wildman–Crippen LogP) is 1.80. The molecule has 7 heteroatoms. The second-order valence-corrected chi connectivity index (χ2v) is 5.81. The van der Waals surface area contributed by atoms with E-state index in [1.54, 1.807) is 12.1 Å². The number of hydrogen-bond acceptors (Lipinski definition) is 4. The minimum atomic E-state index is -3.66. The summed E-state index contributed by atoms with van der Waals surface area (Å²) >= 11 is 1.51. The molecule has 0 unspecified atom stereocenters. The first kappa shape index (κ1) is 16.4. The van der Waals surface area contributed by atoms with E-state index < -0.39 is 10.1 Å². The van der Waals surface area contributed by atoms with E-state index in [-0.39, 0.29) is 18.2 Å². The fraction of sp³-hybridized carbons (Fsp3) is 0.400. The molecule has 2 N–H and O–H groups in total. The smallest absolute Gasteiger partial charge is 0.264 e. The zero-order valence-corrected chi connectivity index (χ0v) is 11.0. The number of aliphatic hydroxyl groups is 1. The van der Waals surface area contributed by atoms with Gasteiger partial charge in [-0.2, -0.15) is 8.42 Å². The lowest BCUT2D eigenvalue weighted by molar-refractivity contribution is 0.322. The lowest BCUT2D eigenvalue weighted by Crippen LogP contribution is -1.97. The van der Waals surface area contributed by atoms with Gasteiger partial charge in [0.2, 0.25) is 0 Å². The lowest BCUT2D eigenvalue weighted by atomic mass is 10.4. The van der Waals surface area contributed by atoms with Gasteiger partial charge in [0.15, 0.2) is 0 Å². The third kappa shape index (κ3) is 10.3. The molecule has 0 aromatic heterocycles. The molecule has 0 atom stereocenters. The summed E-state index contributed by atoms with van der Waals surface area (Å²) in [7, 11) is -3.66. The highest BCUT2D eigenvalue weighted by Gasteiger charge is 1.93. The summed E-state index contributed by atoms with van der Waals surface area (Å²) in [4.78, 5) is 0.987. The molecule has 0 aliphatic rings. The van der Waals surface area contributed by atoms with Gasteiger partial charge in [-0.15, -0.1) is 11.8 Å². The van der Waals surface area contributed by atoms with Crippen LogP contribution >= 0.6 is 11.8 Å². The fourth-order valence-corrected chi connectivity index (χ4v) is 1.35. The Hall–Kier alpha value is -0.630. The van der Waals surface area contributed by atoms with Gasteiger partial charge in [-0.05, 0) is 31.2 Å². The van der Waals surface area contributed by atoms with Crippen LogP contribution in [0.5, 0.6) is 0 Å². The van der Waals surface area contributed by atoms with Crippen LogP contribution in [0.1, 0.15) is 6.92 Å². The first-order chi connectivity index (χ1) is 7.89. The van der Waals surface area contributed by atoms with Crippen molar-refractivity contribution in [3.05, 3.63) is 30.1 Å². The predicted molar refractivity (Wildman–Crippen MR) is 66.3 cm³/mol. The van der Waals surface area contributed by atoms with E-state index >= 15 is 0 Å². The molecule has 0 bridgehead atoms. The van der Waals surface area contributed by atoms with E-state index in [0.29, 0.717) is 5.75 Å². The minimum Gasteiger partial charge on any atom is -0.396 e. The lowest BCUT2D eigenvalue weighted by Gasteiger charge is -1.97. The van der Waals surface area contributed by atoms with Gasteiger partial charge in [-0.25, -0.2) is 4.39 Å². The maximum atomic E-state index is 12.4. The molecule has 0 radical (unpaired) electrons. The highest BCUT2D eigenvalue weighted by Crippen LogP contribution is 2.16. The van der Waals surface area contributed by atoms with E-state index in [1.807, 2.05) is 0 Å². The largest absolute Gasteiger partial charge is 0.396 e. The third-order valence-corrected chi connectivity index (χ3v) is 3.26. The average molecular weight is 282 g/mol. The second kappa shape index (κ2) is 8.46.